The van der Waals surface area contributed by atoms with E-state index in [0.29, 0.717) is 45.0 Å². The van der Waals surface area contributed by atoms with Crippen LogP contribution in [0.3, 0.4) is 0 Å². The predicted octanol–water partition coefficient (Wildman–Crippen LogP) is 1.94. The molecule has 2 amide bonds. The number of benzene rings is 1. The highest BCUT2D eigenvalue weighted by atomic mass is 16.5. The van der Waals surface area contributed by atoms with E-state index >= 15 is 0 Å². The number of ether oxygens (including phenoxy) is 2. The smallest absolute Gasteiger partial charge is 0.254 e. The molecule has 1 aromatic rings. The lowest BCUT2D eigenvalue weighted by atomic mass is 10.1. The minimum absolute atomic E-state index is 0.00818. The summed E-state index contributed by atoms with van der Waals surface area (Å²) in [5.41, 5.74) is 0.632. The van der Waals surface area contributed by atoms with E-state index in [1.165, 1.54) is 0 Å². The Morgan fingerprint density at radius 2 is 1.96 bits per heavy atom. The van der Waals surface area contributed by atoms with Crippen molar-refractivity contribution in [3.05, 3.63) is 29.8 Å². The molecule has 2 aliphatic rings. The minimum Gasteiger partial charge on any atom is -0.494 e. The summed E-state index contributed by atoms with van der Waals surface area (Å²) in [7, 11) is 0. The van der Waals surface area contributed by atoms with Gasteiger partial charge in [-0.1, -0.05) is 13.0 Å². The fraction of sp³-hybridized carbons (Fsp3) is 0.579. The summed E-state index contributed by atoms with van der Waals surface area (Å²) < 4.78 is 11.1. The maximum absolute atomic E-state index is 12.7. The highest BCUT2D eigenvalue weighted by molar-refractivity contribution is 5.94. The number of carbonyl (C=O) groups excluding carboxylic acids is 2. The topological polar surface area (TPSA) is 59.1 Å². The average Bonchev–Trinajstić information content (AvgIpc) is 3.20. The molecule has 0 N–H and O–H groups in total. The molecule has 2 aliphatic heterocycles. The van der Waals surface area contributed by atoms with Gasteiger partial charge >= 0.3 is 0 Å². The minimum atomic E-state index is -0.283. The Bertz CT molecular complexity index is 605. The number of carbonyl (C=O) groups is 2. The van der Waals surface area contributed by atoms with E-state index in [2.05, 4.69) is 0 Å². The summed E-state index contributed by atoms with van der Waals surface area (Å²) in [5.74, 6) is 0.783. The first-order chi connectivity index (χ1) is 12.2. The Labute approximate surface area is 148 Å². The van der Waals surface area contributed by atoms with Gasteiger partial charge in [0.05, 0.1) is 6.61 Å². The van der Waals surface area contributed by atoms with Crippen molar-refractivity contribution in [3.63, 3.8) is 0 Å². The first kappa shape index (κ1) is 17.7. The van der Waals surface area contributed by atoms with Crippen LogP contribution in [0.1, 0.15) is 36.5 Å². The van der Waals surface area contributed by atoms with Crippen LogP contribution in [-0.2, 0) is 9.53 Å². The summed E-state index contributed by atoms with van der Waals surface area (Å²) in [6, 6.07) is 7.31. The number of piperazine rings is 1. The number of hydrogen-bond acceptors (Lipinski definition) is 4. The van der Waals surface area contributed by atoms with Crippen LogP contribution in [0.25, 0.3) is 0 Å². The maximum atomic E-state index is 12.7. The largest absolute Gasteiger partial charge is 0.494 e. The van der Waals surface area contributed by atoms with E-state index in [-0.39, 0.29) is 17.9 Å². The summed E-state index contributed by atoms with van der Waals surface area (Å²) in [4.78, 5) is 28.7. The van der Waals surface area contributed by atoms with Crippen molar-refractivity contribution in [1.29, 1.82) is 0 Å². The highest BCUT2D eigenvalue weighted by Gasteiger charge is 2.31. The van der Waals surface area contributed by atoms with Crippen LogP contribution in [0.2, 0.25) is 0 Å². The lowest BCUT2D eigenvalue weighted by Crippen LogP contribution is -2.52. The van der Waals surface area contributed by atoms with Crippen LogP contribution in [0.5, 0.6) is 5.75 Å². The van der Waals surface area contributed by atoms with Crippen molar-refractivity contribution in [1.82, 2.24) is 9.80 Å². The Balaban J connectivity index is 1.55. The van der Waals surface area contributed by atoms with Gasteiger partial charge in [-0.2, -0.15) is 0 Å². The van der Waals surface area contributed by atoms with Crippen LogP contribution in [0.4, 0.5) is 0 Å². The molecule has 1 aromatic carbocycles. The van der Waals surface area contributed by atoms with Crippen molar-refractivity contribution in [3.8, 4) is 5.75 Å². The fourth-order valence-corrected chi connectivity index (χ4v) is 3.23. The van der Waals surface area contributed by atoms with Crippen molar-refractivity contribution in [2.75, 3.05) is 39.4 Å². The third-order valence-corrected chi connectivity index (χ3v) is 4.64. The molecule has 0 saturated carbocycles. The Morgan fingerprint density at radius 1 is 1.20 bits per heavy atom. The Morgan fingerprint density at radius 3 is 2.64 bits per heavy atom. The normalized spacial score (nSPS) is 20.6. The standard InChI is InChI=1S/C19H26N2O4/c1-2-12-24-16-6-3-5-15(14-16)18(22)20-8-10-21(11-9-20)19(23)17-7-4-13-25-17/h3,5-6,14,17H,2,4,7-13H2,1H3/t17-/m1/s1. The van der Waals surface area contributed by atoms with Crippen molar-refractivity contribution in [2.24, 2.45) is 0 Å². The van der Waals surface area contributed by atoms with Gasteiger partial charge in [-0.05, 0) is 37.5 Å². The molecule has 1 atom stereocenters. The average molecular weight is 346 g/mol. The Kier molecular flexibility index (Phi) is 5.91. The molecule has 6 nitrogen and oxygen atoms in total. The number of hydrogen-bond donors (Lipinski definition) is 0. The van der Waals surface area contributed by atoms with Gasteiger partial charge in [0, 0.05) is 38.3 Å². The lowest BCUT2D eigenvalue weighted by Gasteiger charge is -2.35. The summed E-state index contributed by atoms with van der Waals surface area (Å²) in [6.45, 7) is 5.60. The van der Waals surface area contributed by atoms with E-state index in [4.69, 9.17) is 9.47 Å². The molecule has 0 spiro atoms. The van der Waals surface area contributed by atoms with E-state index in [1.54, 1.807) is 11.0 Å². The van der Waals surface area contributed by atoms with E-state index in [0.717, 1.165) is 25.0 Å². The molecule has 2 saturated heterocycles. The molecule has 0 unspecified atom stereocenters. The number of rotatable bonds is 5. The van der Waals surface area contributed by atoms with Crippen LogP contribution in [-0.4, -0.2) is 67.1 Å². The van der Waals surface area contributed by atoms with Crippen LogP contribution >= 0.6 is 0 Å². The summed E-state index contributed by atoms with van der Waals surface area (Å²) >= 11 is 0. The van der Waals surface area contributed by atoms with Gasteiger partial charge < -0.3 is 19.3 Å². The molecule has 2 heterocycles. The monoisotopic (exact) mass is 346 g/mol. The van der Waals surface area contributed by atoms with Gasteiger partial charge in [-0.3, -0.25) is 9.59 Å². The van der Waals surface area contributed by atoms with Crippen LogP contribution < -0.4 is 4.74 Å². The van der Waals surface area contributed by atoms with Crippen LogP contribution in [0.15, 0.2) is 24.3 Å². The quantitative estimate of drug-likeness (QED) is 0.817. The zero-order valence-electron chi connectivity index (χ0n) is 14.8. The van der Waals surface area contributed by atoms with Gasteiger partial charge in [-0.25, -0.2) is 0 Å². The summed E-state index contributed by atoms with van der Waals surface area (Å²) in [5, 5.41) is 0. The van der Waals surface area contributed by atoms with Gasteiger partial charge in [0.15, 0.2) is 0 Å². The molecule has 25 heavy (non-hydrogen) atoms. The molecule has 0 bridgehead atoms. The van der Waals surface area contributed by atoms with Crippen LogP contribution in [0, 0.1) is 0 Å². The number of amides is 2. The van der Waals surface area contributed by atoms with Crippen molar-refractivity contribution < 1.29 is 19.1 Å². The zero-order valence-corrected chi connectivity index (χ0v) is 14.8. The molecular formula is C19H26N2O4. The first-order valence-electron chi connectivity index (χ1n) is 9.11. The third-order valence-electron chi connectivity index (χ3n) is 4.64. The molecule has 0 aliphatic carbocycles. The molecule has 0 radical (unpaired) electrons. The molecule has 136 valence electrons. The lowest BCUT2D eigenvalue weighted by molar-refractivity contribution is -0.142. The molecule has 6 heteroatoms. The third kappa shape index (κ3) is 4.31. The first-order valence-corrected chi connectivity index (χ1v) is 9.11. The van der Waals surface area contributed by atoms with E-state index < -0.39 is 0 Å². The maximum Gasteiger partial charge on any atom is 0.254 e. The Hall–Kier alpha value is -2.08. The van der Waals surface area contributed by atoms with Gasteiger partial charge in [0.25, 0.3) is 11.8 Å². The SMILES string of the molecule is CCCOc1cccc(C(=O)N2CCN(C(=O)[C@H]3CCCO3)CC2)c1. The van der Waals surface area contributed by atoms with Gasteiger partial charge in [-0.15, -0.1) is 0 Å². The summed E-state index contributed by atoms with van der Waals surface area (Å²) in [6.07, 6.45) is 2.40. The van der Waals surface area contributed by atoms with E-state index in [1.807, 2.05) is 30.0 Å². The van der Waals surface area contributed by atoms with E-state index in [9.17, 15) is 9.59 Å². The molecule has 2 fully saturated rings. The van der Waals surface area contributed by atoms with Crippen molar-refractivity contribution in [2.45, 2.75) is 32.3 Å². The van der Waals surface area contributed by atoms with Crippen molar-refractivity contribution >= 4 is 11.8 Å². The second-order valence-electron chi connectivity index (χ2n) is 6.50. The molecule has 0 aromatic heterocycles. The molecular weight excluding hydrogens is 320 g/mol. The molecule has 3 rings (SSSR count). The second-order valence-corrected chi connectivity index (χ2v) is 6.50. The fourth-order valence-electron chi connectivity index (χ4n) is 3.23. The highest BCUT2D eigenvalue weighted by Crippen LogP contribution is 2.18. The van der Waals surface area contributed by atoms with Gasteiger partial charge in [0.2, 0.25) is 0 Å². The number of nitrogens with zero attached hydrogens (tertiary/aromatic N) is 2. The predicted molar refractivity (Wildman–Crippen MR) is 93.7 cm³/mol. The zero-order chi connectivity index (χ0) is 17.6. The second kappa shape index (κ2) is 8.34. The van der Waals surface area contributed by atoms with Gasteiger partial charge in [0.1, 0.15) is 11.9 Å².